The van der Waals surface area contributed by atoms with E-state index in [4.69, 9.17) is 0 Å². The number of carbonyl (C=O) groups is 1. The number of nitrogens with zero attached hydrogens (tertiary/aromatic N) is 2. The molecule has 0 saturated carbocycles. The molecule has 17 heavy (non-hydrogen) atoms. The molecule has 1 aliphatic heterocycles. The van der Waals surface area contributed by atoms with Crippen LogP contribution >= 0.6 is 0 Å². The van der Waals surface area contributed by atoms with Crippen LogP contribution < -0.4 is 5.32 Å². The minimum atomic E-state index is 0.184. The van der Waals surface area contributed by atoms with Gasteiger partial charge in [0.1, 0.15) is 0 Å². The summed E-state index contributed by atoms with van der Waals surface area (Å²) in [5.74, 6) is 0.184. The van der Waals surface area contributed by atoms with Crippen molar-refractivity contribution in [2.45, 2.75) is 32.7 Å². The maximum absolute atomic E-state index is 11.2. The zero-order chi connectivity index (χ0) is 12.3. The summed E-state index contributed by atoms with van der Waals surface area (Å²) in [5, 5.41) is 3.50. The van der Waals surface area contributed by atoms with E-state index in [-0.39, 0.29) is 5.91 Å². The first-order valence-electron chi connectivity index (χ1n) is 6.10. The van der Waals surface area contributed by atoms with Crippen molar-refractivity contribution >= 4 is 11.6 Å². The van der Waals surface area contributed by atoms with Crippen molar-refractivity contribution in [3.8, 4) is 0 Å². The number of piperidine rings is 1. The van der Waals surface area contributed by atoms with E-state index in [1.54, 1.807) is 6.92 Å². The number of aromatic nitrogens is 1. The van der Waals surface area contributed by atoms with Crippen LogP contribution in [-0.2, 0) is 4.79 Å². The van der Waals surface area contributed by atoms with E-state index in [1.165, 1.54) is 0 Å². The Kier molecular flexibility index (Phi) is 3.61. The monoisotopic (exact) mass is 233 g/mol. The minimum Gasteiger partial charge on any atom is -0.382 e. The van der Waals surface area contributed by atoms with E-state index in [2.05, 4.69) is 16.4 Å². The SMILES string of the molecule is CC(=O)N1CCC(Nc2ccnc(C)c2)CC1. The molecule has 4 heteroatoms. The quantitative estimate of drug-likeness (QED) is 0.847. The van der Waals surface area contributed by atoms with Crippen LogP contribution in [0.3, 0.4) is 0 Å². The summed E-state index contributed by atoms with van der Waals surface area (Å²) in [4.78, 5) is 17.3. The van der Waals surface area contributed by atoms with Crippen LogP contribution in [0.1, 0.15) is 25.5 Å². The first-order chi connectivity index (χ1) is 8.15. The van der Waals surface area contributed by atoms with Crippen molar-refractivity contribution < 1.29 is 4.79 Å². The van der Waals surface area contributed by atoms with Crippen LogP contribution in [0.5, 0.6) is 0 Å². The van der Waals surface area contributed by atoms with Crippen LogP contribution in [-0.4, -0.2) is 34.9 Å². The molecule has 0 aromatic carbocycles. The Labute approximate surface area is 102 Å². The number of hydrogen-bond donors (Lipinski definition) is 1. The number of nitrogens with one attached hydrogen (secondary N) is 1. The van der Waals surface area contributed by atoms with Gasteiger partial charge in [0.2, 0.25) is 5.91 Å². The Morgan fingerprint density at radius 3 is 2.76 bits per heavy atom. The first kappa shape index (κ1) is 11.9. The normalized spacial score (nSPS) is 16.9. The van der Waals surface area contributed by atoms with Gasteiger partial charge in [-0.2, -0.15) is 0 Å². The van der Waals surface area contributed by atoms with Gasteiger partial charge in [-0.1, -0.05) is 0 Å². The third-order valence-corrected chi connectivity index (χ3v) is 3.21. The van der Waals surface area contributed by atoms with E-state index in [0.29, 0.717) is 6.04 Å². The summed E-state index contributed by atoms with van der Waals surface area (Å²) >= 11 is 0. The largest absolute Gasteiger partial charge is 0.382 e. The molecule has 1 N–H and O–H groups in total. The highest BCUT2D eigenvalue weighted by molar-refractivity contribution is 5.73. The van der Waals surface area contributed by atoms with Gasteiger partial charge in [0, 0.05) is 43.6 Å². The Balaban J connectivity index is 1.88. The van der Waals surface area contributed by atoms with E-state index >= 15 is 0 Å². The lowest BCUT2D eigenvalue weighted by atomic mass is 10.0. The zero-order valence-electron chi connectivity index (χ0n) is 10.4. The molecule has 0 radical (unpaired) electrons. The van der Waals surface area contributed by atoms with Crippen molar-refractivity contribution in [1.29, 1.82) is 0 Å². The molecule has 2 rings (SSSR count). The van der Waals surface area contributed by atoms with Crippen molar-refractivity contribution in [3.63, 3.8) is 0 Å². The predicted molar refractivity (Wildman–Crippen MR) is 67.9 cm³/mol. The van der Waals surface area contributed by atoms with Crippen molar-refractivity contribution in [1.82, 2.24) is 9.88 Å². The first-order valence-corrected chi connectivity index (χ1v) is 6.10. The highest BCUT2D eigenvalue weighted by Crippen LogP contribution is 2.16. The molecule has 0 bridgehead atoms. The molecule has 1 aromatic heterocycles. The van der Waals surface area contributed by atoms with Crippen molar-refractivity contribution in [2.24, 2.45) is 0 Å². The molecule has 0 spiro atoms. The number of aryl methyl sites for hydroxylation is 1. The summed E-state index contributed by atoms with van der Waals surface area (Å²) in [7, 11) is 0. The number of anilines is 1. The summed E-state index contributed by atoms with van der Waals surface area (Å²) in [6.07, 6.45) is 3.85. The standard InChI is InChI=1S/C13H19N3O/c1-10-9-13(3-6-14-10)15-12-4-7-16(8-5-12)11(2)17/h3,6,9,12H,4-5,7-8H2,1-2H3,(H,14,15). The number of pyridine rings is 1. The molecule has 1 aromatic rings. The van der Waals surface area contributed by atoms with Gasteiger partial charge in [0.15, 0.2) is 0 Å². The van der Waals surface area contributed by atoms with E-state index in [9.17, 15) is 4.79 Å². The Morgan fingerprint density at radius 1 is 1.47 bits per heavy atom. The van der Waals surface area contributed by atoms with E-state index in [1.807, 2.05) is 24.1 Å². The van der Waals surface area contributed by atoms with Crippen LogP contribution in [0.4, 0.5) is 5.69 Å². The Morgan fingerprint density at radius 2 is 2.18 bits per heavy atom. The van der Waals surface area contributed by atoms with Gasteiger partial charge < -0.3 is 10.2 Å². The molecule has 2 heterocycles. The number of amides is 1. The molecule has 0 aliphatic carbocycles. The second kappa shape index (κ2) is 5.17. The molecule has 92 valence electrons. The van der Waals surface area contributed by atoms with Gasteiger partial charge >= 0.3 is 0 Å². The number of carbonyl (C=O) groups excluding carboxylic acids is 1. The lowest BCUT2D eigenvalue weighted by molar-refractivity contribution is -0.129. The second-order valence-corrected chi connectivity index (χ2v) is 4.61. The molecular formula is C13H19N3O. The van der Waals surface area contributed by atoms with Gasteiger partial charge in [0.25, 0.3) is 0 Å². The van der Waals surface area contributed by atoms with Gasteiger partial charge in [-0.15, -0.1) is 0 Å². The van der Waals surface area contributed by atoms with E-state index in [0.717, 1.165) is 37.3 Å². The average molecular weight is 233 g/mol. The minimum absolute atomic E-state index is 0.184. The van der Waals surface area contributed by atoms with Gasteiger partial charge in [-0.25, -0.2) is 0 Å². The highest BCUT2D eigenvalue weighted by Gasteiger charge is 2.20. The predicted octanol–water partition coefficient (Wildman–Crippen LogP) is 1.81. The van der Waals surface area contributed by atoms with Crippen molar-refractivity contribution in [2.75, 3.05) is 18.4 Å². The number of likely N-dealkylation sites (tertiary alicyclic amines) is 1. The topological polar surface area (TPSA) is 45.2 Å². The number of hydrogen-bond acceptors (Lipinski definition) is 3. The number of rotatable bonds is 2. The maximum Gasteiger partial charge on any atom is 0.219 e. The van der Waals surface area contributed by atoms with Gasteiger partial charge in [0.05, 0.1) is 0 Å². The Bertz CT molecular complexity index is 397. The summed E-state index contributed by atoms with van der Waals surface area (Å²) < 4.78 is 0. The molecule has 1 saturated heterocycles. The van der Waals surface area contributed by atoms with Gasteiger partial charge in [-0.05, 0) is 31.9 Å². The van der Waals surface area contributed by atoms with Crippen LogP contribution in [0.25, 0.3) is 0 Å². The van der Waals surface area contributed by atoms with Crippen LogP contribution in [0.2, 0.25) is 0 Å². The Hall–Kier alpha value is -1.58. The lowest BCUT2D eigenvalue weighted by Gasteiger charge is -2.32. The maximum atomic E-state index is 11.2. The van der Waals surface area contributed by atoms with Crippen LogP contribution in [0.15, 0.2) is 18.3 Å². The fourth-order valence-electron chi connectivity index (χ4n) is 2.21. The van der Waals surface area contributed by atoms with Crippen LogP contribution in [0, 0.1) is 6.92 Å². The van der Waals surface area contributed by atoms with E-state index < -0.39 is 0 Å². The summed E-state index contributed by atoms with van der Waals surface area (Å²) in [6.45, 7) is 5.34. The molecule has 1 amide bonds. The summed E-state index contributed by atoms with van der Waals surface area (Å²) in [6, 6.07) is 4.51. The summed E-state index contributed by atoms with van der Waals surface area (Å²) in [5.41, 5.74) is 2.15. The molecule has 4 nitrogen and oxygen atoms in total. The molecular weight excluding hydrogens is 214 g/mol. The molecule has 1 fully saturated rings. The zero-order valence-corrected chi connectivity index (χ0v) is 10.4. The molecule has 1 aliphatic rings. The second-order valence-electron chi connectivity index (χ2n) is 4.61. The van der Waals surface area contributed by atoms with Gasteiger partial charge in [-0.3, -0.25) is 9.78 Å². The molecule has 0 atom stereocenters. The third-order valence-electron chi connectivity index (χ3n) is 3.21. The third kappa shape index (κ3) is 3.19. The molecule has 0 unspecified atom stereocenters. The smallest absolute Gasteiger partial charge is 0.219 e. The average Bonchev–Trinajstić information content (AvgIpc) is 2.29. The highest BCUT2D eigenvalue weighted by atomic mass is 16.2. The van der Waals surface area contributed by atoms with Crippen molar-refractivity contribution in [3.05, 3.63) is 24.0 Å². The lowest BCUT2D eigenvalue weighted by Crippen LogP contribution is -2.41. The fourth-order valence-corrected chi connectivity index (χ4v) is 2.21. The fraction of sp³-hybridized carbons (Fsp3) is 0.538.